The van der Waals surface area contributed by atoms with E-state index in [1.807, 2.05) is 20.8 Å². The van der Waals surface area contributed by atoms with Crippen LogP contribution in [0.5, 0.6) is 0 Å². The number of hydrogen-bond acceptors (Lipinski definition) is 7. The molecule has 3 rings (SSSR count). The van der Waals surface area contributed by atoms with E-state index < -0.39 is 0 Å². The molecular formula is C15H20N6OS. The van der Waals surface area contributed by atoms with E-state index in [4.69, 9.17) is 0 Å². The summed E-state index contributed by atoms with van der Waals surface area (Å²) in [6.45, 7) is 7.93. The van der Waals surface area contributed by atoms with Gasteiger partial charge in [0.2, 0.25) is 5.91 Å². The number of amides is 1. The summed E-state index contributed by atoms with van der Waals surface area (Å²) < 4.78 is 0. The molecule has 0 spiro atoms. The number of nitrogens with zero attached hydrogens (tertiary/aromatic N) is 3. The van der Waals surface area contributed by atoms with Crippen molar-refractivity contribution < 1.29 is 4.79 Å². The van der Waals surface area contributed by atoms with E-state index in [2.05, 4.69) is 37.8 Å². The second kappa shape index (κ2) is 6.11. The third kappa shape index (κ3) is 3.12. The van der Waals surface area contributed by atoms with Crippen molar-refractivity contribution >= 4 is 39.7 Å². The van der Waals surface area contributed by atoms with Crippen molar-refractivity contribution in [2.75, 3.05) is 16.0 Å². The number of nitrogens with one attached hydrogen (secondary N) is 3. The minimum absolute atomic E-state index is 0.0577. The number of fused-ring (bicyclic) bond motifs is 1. The summed E-state index contributed by atoms with van der Waals surface area (Å²) in [6, 6.07) is -0.281. The molecule has 0 saturated carbocycles. The maximum Gasteiger partial charge on any atom is 0.247 e. The number of aryl methyl sites for hydroxylation is 2. The van der Waals surface area contributed by atoms with E-state index in [1.54, 1.807) is 6.20 Å². The van der Waals surface area contributed by atoms with Gasteiger partial charge in [-0.2, -0.15) is 0 Å². The Labute approximate surface area is 139 Å². The molecule has 7 nitrogen and oxygen atoms in total. The molecule has 8 heteroatoms. The molecule has 0 radical (unpaired) electrons. The van der Waals surface area contributed by atoms with Gasteiger partial charge in [0.05, 0.1) is 0 Å². The van der Waals surface area contributed by atoms with Crippen LogP contribution in [0.3, 0.4) is 0 Å². The topological polar surface area (TPSA) is 91.8 Å². The average molecular weight is 332 g/mol. The molecule has 0 saturated heterocycles. The van der Waals surface area contributed by atoms with E-state index in [-0.39, 0.29) is 17.9 Å². The number of aromatic nitrogens is 3. The van der Waals surface area contributed by atoms with Crippen LogP contribution in [0.15, 0.2) is 6.20 Å². The van der Waals surface area contributed by atoms with Crippen molar-refractivity contribution in [3.05, 3.63) is 16.9 Å². The number of rotatable bonds is 4. The summed E-state index contributed by atoms with van der Waals surface area (Å²) in [7, 11) is 0. The molecule has 1 aliphatic heterocycles. The van der Waals surface area contributed by atoms with Gasteiger partial charge >= 0.3 is 0 Å². The second-order valence-corrected chi connectivity index (χ2v) is 6.98. The zero-order valence-electron chi connectivity index (χ0n) is 13.6. The maximum atomic E-state index is 12.4. The Morgan fingerprint density at radius 3 is 2.83 bits per heavy atom. The zero-order valence-corrected chi connectivity index (χ0v) is 14.4. The molecule has 3 N–H and O–H groups in total. The Kier molecular flexibility index (Phi) is 4.16. The highest BCUT2D eigenvalue weighted by Gasteiger charge is 2.32. The lowest BCUT2D eigenvalue weighted by molar-refractivity contribution is -0.118. The quantitative estimate of drug-likeness (QED) is 0.797. The van der Waals surface area contributed by atoms with Crippen molar-refractivity contribution in [1.29, 1.82) is 0 Å². The van der Waals surface area contributed by atoms with Gasteiger partial charge in [0, 0.05) is 11.1 Å². The third-order valence-electron chi connectivity index (χ3n) is 3.90. The minimum atomic E-state index is -0.281. The van der Waals surface area contributed by atoms with Crippen LogP contribution in [0, 0.1) is 19.8 Å². The molecular weight excluding hydrogens is 312 g/mol. The van der Waals surface area contributed by atoms with Crippen LogP contribution in [0.25, 0.3) is 0 Å². The fraction of sp³-hybridized carbons (Fsp3) is 0.467. The fourth-order valence-corrected chi connectivity index (χ4v) is 3.11. The van der Waals surface area contributed by atoms with Crippen molar-refractivity contribution in [2.45, 2.75) is 40.2 Å². The molecule has 2 unspecified atom stereocenters. The highest BCUT2D eigenvalue weighted by molar-refractivity contribution is 7.15. The Balaban J connectivity index is 1.95. The minimum Gasteiger partial charge on any atom is -0.356 e. The largest absolute Gasteiger partial charge is 0.356 e. The first-order valence-corrected chi connectivity index (χ1v) is 8.45. The molecule has 122 valence electrons. The van der Waals surface area contributed by atoms with Crippen LogP contribution in [0.2, 0.25) is 0 Å². The predicted molar refractivity (Wildman–Crippen MR) is 92.4 cm³/mol. The molecule has 1 aliphatic rings. The lowest BCUT2D eigenvalue weighted by Gasteiger charge is -2.30. The fourth-order valence-electron chi connectivity index (χ4n) is 2.45. The van der Waals surface area contributed by atoms with Crippen LogP contribution in [0.4, 0.5) is 22.5 Å². The normalized spacial score (nSPS) is 17.9. The lowest BCUT2D eigenvalue weighted by atomic mass is 9.97. The Hall–Kier alpha value is -2.22. The summed E-state index contributed by atoms with van der Waals surface area (Å²) in [5.74, 6) is 2.00. The van der Waals surface area contributed by atoms with E-state index >= 15 is 0 Å². The van der Waals surface area contributed by atoms with Gasteiger partial charge in [-0.05, 0) is 19.8 Å². The van der Waals surface area contributed by atoms with Crippen LogP contribution in [-0.2, 0) is 4.79 Å². The van der Waals surface area contributed by atoms with Gasteiger partial charge in [-0.3, -0.25) is 4.79 Å². The monoisotopic (exact) mass is 332 g/mol. The van der Waals surface area contributed by atoms with Gasteiger partial charge in [0.25, 0.3) is 0 Å². The first-order valence-electron chi connectivity index (χ1n) is 7.63. The third-order valence-corrected chi connectivity index (χ3v) is 4.73. The van der Waals surface area contributed by atoms with E-state index in [0.717, 1.165) is 16.4 Å². The summed E-state index contributed by atoms with van der Waals surface area (Å²) in [6.07, 6.45) is 2.71. The highest BCUT2D eigenvalue weighted by Crippen LogP contribution is 2.35. The summed E-state index contributed by atoms with van der Waals surface area (Å²) in [5, 5.41) is 10.1. The number of anilines is 4. The van der Waals surface area contributed by atoms with Crippen LogP contribution in [0.1, 0.15) is 31.0 Å². The summed E-state index contributed by atoms with van der Waals surface area (Å²) >= 11 is 1.53. The number of hydrogen-bond donors (Lipinski definition) is 3. The molecule has 2 aromatic rings. The molecule has 0 fully saturated rings. The van der Waals surface area contributed by atoms with Gasteiger partial charge in [-0.1, -0.05) is 20.3 Å². The van der Waals surface area contributed by atoms with Crippen molar-refractivity contribution in [3.63, 3.8) is 0 Å². The maximum absolute atomic E-state index is 12.4. The molecule has 3 heterocycles. The molecule has 23 heavy (non-hydrogen) atoms. The summed E-state index contributed by atoms with van der Waals surface area (Å²) in [4.78, 5) is 26.6. The molecule has 0 aliphatic carbocycles. The molecule has 0 aromatic carbocycles. The van der Waals surface area contributed by atoms with E-state index in [1.165, 1.54) is 11.3 Å². The van der Waals surface area contributed by atoms with E-state index in [0.29, 0.717) is 23.1 Å². The van der Waals surface area contributed by atoms with Gasteiger partial charge in [0.15, 0.2) is 16.8 Å². The molecule has 0 bridgehead atoms. The average Bonchev–Trinajstić information content (AvgIpc) is 2.91. The SMILES string of the molecule is CCC(C)C1Nc2nc(C)nc(Nc3ncc(C)s3)c2NC1=O. The van der Waals surface area contributed by atoms with Crippen molar-refractivity contribution in [1.82, 2.24) is 15.0 Å². The van der Waals surface area contributed by atoms with Gasteiger partial charge in [-0.15, -0.1) is 11.3 Å². The Morgan fingerprint density at radius 1 is 1.39 bits per heavy atom. The van der Waals surface area contributed by atoms with Crippen LogP contribution < -0.4 is 16.0 Å². The van der Waals surface area contributed by atoms with Crippen molar-refractivity contribution in [3.8, 4) is 0 Å². The Bertz CT molecular complexity index is 744. The number of carbonyl (C=O) groups is 1. The lowest BCUT2D eigenvalue weighted by Crippen LogP contribution is -2.43. The smallest absolute Gasteiger partial charge is 0.247 e. The molecule has 2 aromatic heterocycles. The predicted octanol–water partition coefficient (Wildman–Crippen LogP) is 3.07. The highest BCUT2D eigenvalue weighted by atomic mass is 32.1. The van der Waals surface area contributed by atoms with Gasteiger partial charge < -0.3 is 16.0 Å². The first-order chi connectivity index (χ1) is 11.0. The zero-order chi connectivity index (χ0) is 16.6. The standard InChI is InChI=1S/C15H20N6OS/c1-5-7(2)10-14(22)20-11-12(19-10)17-9(4)18-13(11)21-15-16-6-8(3)23-15/h6-7,10H,5H2,1-4H3,(H,20,22)(H2,16,17,18,19,21). The second-order valence-electron chi connectivity index (χ2n) is 5.74. The summed E-state index contributed by atoms with van der Waals surface area (Å²) in [5.41, 5.74) is 0.577. The molecule has 2 atom stereocenters. The van der Waals surface area contributed by atoms with Crippen molar-refractivity contribution in [2.24, 2.45) is 5.92 Å². The van der Waals surface area contributed by atoms with Crippen LogP contribution >= 0.6 is 11.3 Å². The van der Waals surface area contributed by atoms with Gasteiger partial charge in [0.1, 0.15) is 17.6 Å². The number of carbonyl (C=O) groups excluding carboxylic acids is 1. The Morgan fingerprint density at radius 2 is 2.17 bits per heavy atom. The van der Waals surface area contributed by atoms with Crippen LogP contribution in [-0.4, -0.2) is 26.9 Å². The number of thiazole rings is 1. The van der Waals surface area contributed by atoms with Gasteiger partial charge in [-0.25, -0.2) is 15.0 Å². The first kappa shape index (κ1) is 15.7. The van der Waals surface area contributed by atoms with E-state index in [9.17, 15) is 4.79 Å². The molecule has 1 amide bonds.